The third-order valence-corrected chi connectivity index (χ3v) is 5.59. The van der Waals surface area contributed by atoms with E-state index in [1.807, 2.05) is 18.2 Å². The van der Waals surface area contributed by atoms with E-state index in [1.54, 1.807) is 12.1 Å². The topological polar surface area (TPSA) is 55.8 Å². The molecule has 1 spiro atoms. The predicted molar refractivity (Wildman–Crippen MR) is 111 cm³/mol. The molecule has 2 heterocycles. The lowest BCUT2D eigenvalue weighted by Crippen LogP contribution is -2.54. The van der Waals surface area contributed by atoms with Gasteiger partial charge in [-0.2, -0.15) is 0 Å². The fraction of sp³-hybridized carbons (Fsp3) is 0.333. The molecule has 0 aromatic heterocycles. The van der Waals surface area contributed by atoms with Gasteiger partial charge in [0.05, 0.1) is 19.1 Å². The van der Waals surface area contributed by atoms with E-state index in [1.165, 1.54) is 18.7 Å². The van der Waals surface area contributed by atoms with Crippen LogP contribution in [0, 0.1) is 0 Å². The Bertz CT molecular complexity index is 937. The van der Waals surface area contributed by atoms with Crippen LogP contribution < -0.4 is 4.74 Å². The van der Waals surface area contributed by atoms with E-state index >= 15 is 0 Å². The van der Waals surface area contributed by atoms with Gasteiger partial charge in [0.15, 0.2) is 5.78 Å². The first-order valence-corrected chi connectivity index (χ1v) is 9.95. The Hall–Kier alpha value is -2.92. The van der Waals surface area contributed by atoms with Crippen LogP contribution in [0.4, 0.5) is 0 Å². The number of methoxy groups -OCH3 is 1. The average molecular weight is 391 g/mol. The van der Waals surface area contributed by atoms with E-state index in [2.05, 4.69) is 33.9 Å². The van der Waals surface area contributed by atoms with Gasteiger partial charge in [0.2, 0.25) is 0 Å². The van der Waals surface area contributed by atoms with Gasteiger partial charge in [0.25, 0.3) is 0 Å². The number of hydrogen-bond donors (Lipinski definition) is 0. The molecular weight excluding hydrogens is 366 g/mol. The molecule has 2 aliphatic rings. The quantitative estimate of drug-likeness (QED) is 0.585. The molecule has 2 aliphatic heterocycles. The van der Waals surface area contributed by atoms with Gasteiger partial charge in [0, 0.05) is 19.2 Å². The molecule has 1 saturated heterocycles. The highest BCUT2D eigenvalue weighted by atomic mass is 16.5. The summed E-state index contributed by atoms with van der Waals surface area (Å²) in [5, 5.41) is 0. The number of benzene rings is 2. The van der Waals surface area contributed by atoms with E-state index in [4.69, 9.17) is 4.74 Å². The summed E-state index contributed by atoms with van der Waals surface area (Å²) in [4.78, 5) is 26.6. The van der Waals surface area contributed by atoms with Crippen LogP contribution in [0.5, 0.6) is 5.75 Å². The molecule has 2 aromatic rings. The van der Waals surface area contributed by atoms with Crippen molar-refractivity contribution in [2.45, 2.75) is 31.4 Å². The molecule has 1 unspecified atom stereocenters. The number of esters is 1. The maximum atomic E-state index is 13.0. The van der Waals surface area contributed by atoms with E-state index in [9.17, 15) is 9.59 Å². The third kappa shape index (κ3) is 4.40. The molecule has 150 valence electrons. The molecule has 0 N–H and O–H groups in total. The molecule has 29 heavy (non-hydrogen) atoms. The summed E-state index contributed by atoms with van der Waals surface area (Å²) in [6.07, 6.45) is 5.27. The number of carbonyl (C=O) groups excluding carboxylic acids is 2. The van der Waals surface area contributed by atoms with Crippen molar-refractivity contribution in [1.82, 2.24) is 4.90 Å². The zero-order valence-electron chi connectivity index (χ0n) is 16.6. The summed E-state index contributed by atoms with van der Waals surface area (Å²) in [6, 6.07) is 15.9. The Morgan fingerprint density at radius 2 is 2.07 bits per heavy atom. The van der Waals surface area contributed by atoms with Crippen LogP contribution in [-0.2, 0) is 16.1 Å². The van der Waals surface area contributed by atoms with Gasteiger partial charge < -0.3 is 9.47 Å². The highest BCUT2D eigenvalue weighted by Gasteiger charge is 2.43. The molecule has 5 nitrogen and oxygen atoms in total. The van der Waals surface area contributed by atoms with Crippen molar-refractivity contribution in [2.75, 3.05) is 20.2 Å². The van der Waals surface area contributed by atoms with Crippen LogP contribution in [0.15, 0.2) is 54.6 Å². The molecule has 2 aromatic carbocycles. The van der Waals surface area contributed by atoms with Crippen molar-refractivity contribution in [3.8, 4) is 5.75 Å². The zero-order valence-corrected chi connectivity index (χ0v) is 16.6. The number of nitrogens with zero attached hydrogens (tertiary/aromatic N) is 1. The first-order valence-electron chi connectivity index (χ1n) is 9.95. The molecule has 0 radical (unpaired) electrons. The van der Waals surface area contributed by atoms with Crippen molar-refractivity contribution in [2.24, 2.45) is 0 Å². The van der Waals surface area contributed by atoms with Crippen LogP contribution >= 0.6 is 0 Å². The van der Waals surface area contributed by atoms with Crippen molar-refractivity contribution in [1.29, 1.82) is 0 Å². The standard InChI is InChI=1S/C24H25NO4/c1-28-23(27)11-9-18-8-10-22-20(14-18)21(26)15-24(29-22)12-5-13-25(17-24)16-19-6-3-2-4-7-19/h2-4,6-11,14H,5,12-13,15-17H2,1H3. The van der Waals surface area contributed by atoms with Gasteiger partial charge in [-0.25, -0.2) is 4.79 Å². The lowest BCUT2D eigenvalue weighted by atomic mass is 9.83. The normalized spacial score (nSPS) is 21.8. The number of carbonyl (C=O) groups is 2. The number of Topliss-reactive ketones (excluding diaryl/α,β-unsaturated/α-hetero) is 1. The van der Waals surface area contributed by atoms with Gasteiger partial charge in [-0.05, 0) is 48.7 Å². The molecule has 1 fully saturated rings. The van der Waals surface area contributed by atoms with Gasteiger partial charge >= 0.3 is 5.97 Å². The maximum absolute atomic E-state index is 13.0. The highest BCUT2D eigenvalue weighted by molar-refractivity contribution is 6.01. The summed E-state index contributed by atoms with van der Waals surface area (Å²) < 4.78 is 11.0. The Labute approximate surface area is 170 Å². The van der Waals surface area contributed by atoms with Gasteiger partial charge in [0.1, 0.15) is 11.4 Å². The maximum Gasteiger partial charge on any atom is 0.330 e. The van der Waals surface area contributed by atoms with Crippen LogP contribution in [0.3, 0.4) is 0 Å². The number of likely N-dealkylation sites (tertiary alicyclic amines) is 1. The molecule has 1 atom stereocenters. The van der Waals surface area contributed by atoms with Gasteiger partial charge in [-0.3, -0.25) is 9.69 Å². The molecule has 0 saturated carbocycles. The number of ether oxygens (including phenoxy) is 2. The smallest absolute Gasteiger partial charge is 0.330 e. The van der Waals surface area contributed by atoms with Crippen molar-refractivity contribution in [3.05, 3.63) is 71.3 Å². The Kier molecular flexibility index (Phi) is 5.49. The van der Waals surface area contributed by atoms with E-state index in [-0.39, 0.29) is 5.78 Å². The number of rotatable bonds is 4. The van der Waals surface area contributed by atoms with E-state index in [0.29, 0.717) is 17.7 Å². The fourth-order valence-corrected chi connectivity index (χ4v) is 4.24. The van der Waals surface area contributed by atoms with Gasteiger partial charge in [-0.1, -0.05) is 36.4 Å². The van der Waals surface area contributed by atoms with Crippen molar-refractivity contribution in [3.63, 3.8) is 0 Å². The predicted octanol–water partition coefficient (Wildman–Crippen LogP) is 3.87. The first-order chi connectivity index (χ1) is 14.1. The Morgan fingerprint density at radius 3 is 2.86 bits per heavy atom. The molecule has 5 heteroatoms. The number of ketones is 1. The zero-order chi connectivity index (χ0) is 20.3. The van der Waals surface area contributed by atoms with Crippen LogP contribution in [0.2, 0.25) is 0 Å². The van der Waals surface area contributed by atoms with Crippen LogP contribution in [0.25, 0.3) is 6.08 Å². The lowest BCUT2D eigenvalue weighted by molar-refractivity contribution is -0.134. The number of piperidine rings is 1. The Balaban J connectivity index is 1.51. The monoisotopic (exact) mass is 391 g/mol. The third-order valence-electron chi connectivity index (χ3n) is 5.59. The van der Waals surface area contributed by atoms with Crippen LogP contribution in [-0.4, -0.2) is 42.5 Å². The average Bonchev–Trinajstić information content (AvgIpc) is 2.73. The molecule has 0 bridgehead atoms. The fourth-order valence-electron chi connectivity index (χ4n) is 4.24. The summed E-state index contributed by atoms with van der Waals surface area (Å²) in [5.41, 5.74) is 2.17. The van der Waals surface area contributed by atoms with E-state index < -0.39 is 11.6 Å². The van der Waals surface area contributed by atoms with Crippen LogP contribution in [0.1, 0.15) is 40.7 Å². The SMILES string of the molecule is COC(=O)C=Cc1ccc2c(c1)C(=O)CC1(CCCN(Cc3ccccc3)C1)O2. The number of fused-ring (bicyclic) bond motifs is 1. The molecular formula is C24H25NO4. The summed E-state index contributed by atoms with van der Waals surface area (Å²) >= 11 is 0. The van der Waals surface area contributed by atoms with Gasteiger partial charge in [-0.15, -0.1) is 0 Å². The second-order valence-electron chi connectivity index (χ2n) is 7.80. The molecule has 0 aliphatic carbocycles. The second-order valence-corrected chi connectivity index (χ2v) is 7.80. The minimum atomic E-state index is -0.458. The highest BCUT2D eigenvalue weighted by Crippen LogP contribution is 2.39. The van der Waals surface area contributed by atoms with Crippen molar-refractivity contribution < 1.29 is 19.1 Å². The first kappa shape index (κ1) is 19.4. The number of hydrogen-bond acceptors (Lipinski definition) is 5. The minimum absolute atomic E-state index is 0.0983. The summed E-state index contributed by atoms with van der Waals surface area (Å²) in [7, 11) is 1.33. The molecule has 4 rings (SSSR count). The Morgan fingerprint density at radius 1 is 1.24 bits per heavy atom. The van der Waals surface area contributed by atoms with Crippen molar-refractivity contribution >= 4 is 17.8 Å². The second kappa shape index (κ2) is 8.21. The minimum Gasteiger partial charge on any atom is -0.485 e. The van der Waals surface area contributed by atoms with E-state index in [0.717, 1.165) is 38.0 Å². The molecule has 0 amide bonds. The lowest BCUT2D eigenvalue weighted by Gasteiger charge is -2.45. The largest absolute Gasteiger partial charge is 0.485 e. The summed E-state index contributed by atoms with van der Waals surface area (Å²) in [5.74, 6) is 0.309. The summed E-state index contributed by atoms with van der Waals surface area (Å²) in [6.45, 7) is 2.62.